The Labute approximate surface area is 126 Å². The molecule has 114 valence electrons. The van der Waals surface area contributed by atoms with E-state index in [0.29, 0.717) is 19.8 Å². The van der Waals surface area contributed by atoms with E-state index in [-0.39, 0.29) is 24.9 Å². The van der Waals surface area contributed by atoms with Crippen LogP contribution in [0.25, 0.3) is 0 Å². The van der Waals surface area contributed by atoms with E-state index in [1.807, 2.05) is 30.3 Å². The predicted molar refractivity (Wildman–Crippen MR) is 80.8 cm³/mol. The molecule has 5 nitrogen and oxygen atoms in total. The fraction of sp³-hybridized carbons (Fsp3) is 0.500. The van der Waals surface area contributed by atoms with Crippen LogP contribution >= 0.6 is 12.4 Å². The van der Waals surface area contributed by atoms with E-state index in [2.05, 4.69) is 0 Å². The molecule has 0 aliphatic carbocycles. The number of benzene rings is 1. The summed E-state index contributed by atoms with van der Waals surface area (Å²) in [5, 5.41) is 0. The smallest absolute Gasteiger partial charge is 0.241 e. The number of halogens is 1. The van der Waals surface area contributed by atoms with Crippen molar-refractivity contribution < 1.29 is 14.3 Å². The summed E-state index contributed by atoms with van der Waals surface area (Å²) in [6.45, 7) is 1.78. The van der Waals surface area contributed by atoms with E-state index in [9.17, 15) is 4.79 Å². The van der Waals surface area contributed by atoms with Crippen molar-refractivity contribution >= 4 is 18.3 Å². The van der Waals surface area contributed by atoms with E-state index < -0.39 is 6.04 Å². The van der Waals surface area contributed by atoms with Crippen LogP contribution in [0, 0.1) is 0 Å². The number of amides is 1. The second kappa shape index (κ2) is 10.6. The molecule has 2 N–H and O–H groups in total. The highest BCUT2D eigenvalue weighted by Gasteiger charge is 2.17. The molecule has 0 saturated carbocycles. The zero-order chi connectivity index (χ0) is 14.1. The average molecular weight is 303 g/mol. The lowest BCUT2D eigenvalue weighted by molar-refractivity contribution is -0.133. The third-order valence-corrected chi connectivity index (χ3v) is 2.72. The minimum atomic E-state index is -0.607. The molecule has 0 aliphatic rings. The van der Waals surface area contributed by atoms with Crippen LogP contribution in [0.5, 0.6) is 0 Å². The quantitative estimate of drug-likeness (QED) is 0.729. The molecule has 0 aromatic heterocycles. The van der Waals surface area contributed by atoms with Gasteiger partial charge in [0, 0.05) is 20.7 Å². The number of rotatable bonds is 8. The van der Waals surface area contributed by atoms with Gasteiger partial charge in [-0.3, -0.25) is 4.79 Å². The Morgan fingerprint density at radius 3 is 2.60 bits per heavy atom. The third-order valence-electron chi connectivity index (χ3n) is 2.72. The maximum atomic E-state index is 11.8. The van der Waals surface area contributed by atoms with Crippen molar-refractivity contribution in [2.75, 3.05) is 33.9 Å². The third kappa shape index (κ3) is 6.86. The molecule has 0 saturated heterocycles. The molecular formula is C14H23ClN2O3. The second-order valence-electron chi connectivity index (χ2n) is 4.36. The van der Waals surface area contributed by atoms with Gasteiger partial charge in [-0.25, -0.2) is 0 Å². The summed E-state index contributed by atoms with van der Waals surface area (Å²) in [4.78, 5) is 13.3. The Morgan fingerprint density at radius 1 is 1.35 bits per heavy atom. The summed E-state index contributed by atoms with van der Waals surface area (Å²) in [6.07, 6.45) is 0. The Morgan fingerprint density at radius 2 is 2.00 bits per heavy atom. The minimum Gasteiger partial charge on any atom is -0.383 e. The molecule has 0 spiro atoms. The van der Waals surface area contributed by atoms with Gasteiger partial charge in [0.1, 0.15) is 6.04 Å². The van der Waals surface area contributed by atoms with Crippen LogP contribution in [0.1, 0.15) is 5.56 Å². The zero-order valence-electron chi connectivity index (χ0n) is 12.0. The van der Waals surface area contributed by atoms with Crippen LogP contribution in [0.2, 0.25) is 0 Å². The first-order valence-electron chi connectivity index (χ1n) is 6.26. The number of likely N-dealkylation sites (N-methyl/N-ethyl adjacent to an activating group) is 1. The molecule has 1 unspecified atom stereocenters. The van der Waals surface area contributed by atoms with Crippen LogP contribution in [0.3, 0.4) is 0 Å². The highest BCUT2D eigenvalue weighted by Crippen LogP contribution is 2.00. The molecule has 0 fully saturated rings. The molecule has 0 radical (unpaired) electrons. The normalized spacial score (nSPS) is 11.6. The van der Waals surface area contributed by atoms with E-state index in [4.69, 9.17) is 15.2 Å². The molecule has 1 atom stereocenters. The van der Waals surface area contributed by atoms with Gasteiger partial charge in [0.15, 0.2) is 0 Å². The first kappa shape index (κ1) is 18.9. The van der Waals surface area contributed by atoms with E-state index >= 15 is 0 Å². The average Bonchev–Trinajstić information content (AvgIpc) is 2.44. The van der Waals surface area contributed by atoms with Crippen molar-refractivity contribution in [1.82, 2.24) is 4.90 Å². The maximum Gasteiger partial charge on any atom is 0.241 e. The summed E-state index contributed by atoms with van der Waals surface area (Å²) in [5.41, 5.74) is 6.79. The first-order valence-corrected chi connectivity index (χ1v) is 6.26. The van der Waals surface area contributed by atoms with Crippen LogP contribution in [-0.4, -0.2) is 50.8 Å². The highest BCUT2D eigenvalue weighted by molar-refractivity contribution is 5.85. The van der Waals surface area contributed by atoms with Crippen molar-refractivity contribution in [1.29, 1.82) is 0 Å². The lowest BCUT2D eigenvalue weighted by Crippen LogP contribution is -2.45. The summed E-state index contributed by atoms with van der Waals surface area (Å²) in [6, 6.07) is 9.31. The molecule has 1 rings (SSSR count). The topological polar surface area (TPSA) is 64.8 Å². The number of nitrogens with zero attached hydrogens (tertiary/aromatic N) is 1. The van der Waals surface area contributed by atoms with Crippen LogP contribution in [-0.2, 0) is 20.9 Å². The van der Waals surface area contributed by atoms with Crippen LogP contribution in [0.15, 0.2) is 30.3 Å². The van der Waals surface area contributed by atoms with Crippen molar-refractivity contribution in [2.24, 2.45) is 5.73 Å². The van der Waals surface area contributed by atoms with Gasteiger partial charge in [0.2, 0.25) is 5.91 Å². The lowest BCUT2D eigenvalue weighted by Gasteiger charge is -2.20. The number of carbonyl (C=O) groups excluding carboxylic acids is 1. The Kier molecular flexibility index (Phi) is 10.0. The molecule has 0 bridgehead atoms. The van der Waals surface area contributed by atoms with Gasteiger partial charge in [0.05, 0.1) is 19.8 Å². The van der Waals surface area contributed by atoms with E-state index in [0.717, 1.165) is 5.56 Å². The highest BCUT2D eigenvalue weighted by atomic mass is 35.5. The van der Waals surface area contributed by atoms with Gasteiger partial charge in [-0.15, -0.1) is 12.4 Å². The Bertz CT molecular complexity index is 376. The monoisotopic (exact) mass is 302 g/mol. The molecule has 0 heterocycles. The fourth-order valence-corrected chi connectivity index (χ4v) is 1.61. The van der Waals surface area contributed by atoms with Gasteiger partial charge >= 0.3 is 0 Å². The maximum absolute atomic E-state index is 11.8. The largest absolute Gasteiger partial charge is 0.383 e. The molecule has 1 amide bonds. The first-order chi connectivity index (χ1) is 9.15. The Hall–Kier alpha value is -1.14. The molecule has 0 aliphatic heterocycles. The fourth-order valence-electron chi connectivity index (χ4n) is 1.61. The summed E-state index contributed by atoms with van der Waals surface area (Å²) in [7, 11) is 3.24. The van der Waals surface area contributed by atoms with Gasteiger partial charge in [-0.05, 0) is 5.56 Å². The van der Waals surface area contributed by atoms with Gasteiger partial charge < -0.3 is 20.1 Å². The molecular weight excluding hydrogens is 280 g/mol. The summed E-state index contributed by atoms with van der Waals surface area (Å²) in [5.74, 6) is -0.134. The van der Waals surface area contributed by atoms with E-state index in [1.54, 1.807) is 11.9 Å². The lowest BCUT2D eigenvalue weighted by atomic mass is 10.2. The van der Waals surface area contributed by atoms with Crippen LogP contribution in [0.4, 0.5) is 0 Å². The van der Waals surface area contributed by atoms with Gasteiger partial charge in [-0.2, -0.15) is 0 Å². The number of carbonyl (C=O) groups is 1. The summed E-state index contributed by atoms with van der Waals surface area (Å²) >= 11 is 0. The van der Waals surface area contributed by atoms with Crippen LogP contribution < -0.4 is 5.73 Å². The molecule has 1 aromatic rings. The molecule has 6 heteroatoms. The van der Waals surface area contributed by atoms with Crippen molar-refractivity contribution in [3.63, 3.8) is 0 Å². The number of methoxy groups -OCH3 is 1. The SMILES string of the molecule is COCC(N)C(=O)N(C)CCOCc1ccccc1.Cl. The van der Waals surface area contributed by atoms with Crippen molar-refractivity contribution in [3.8, 4) is 0 Å². The molecule has 20 heavy (non-hydrogen) atoms. The standard InChI is InChI=1S/C14H22N2O3.ClH/c1-16(14(17)13(15)11-18-2)8-9-19-10-12-6-4-3-5-7-12;/h3-7,13H,8-11,15H2,1-2H3;1H. The van der Waals surface area contributed by atoms with Crippen molar-refractivity contribution in [3.05, 3.63) is 35.9 Å². The van der Waals surface area contributed by atoms with E-state index in [1.165, 1.54) is 7.11 Å². The minimum absolute atomic E-state index is 0. The number of ether oxygens (including phenoxy) is 2. The second-order valence-corrected chi connectivity index (χ2v) is 4.36. The zero-order valence-corrected chi connectivity index (χ0v) is 12.8. The number of nitrogens with two attached hydrogens (primary N) is 1. The van der Waals surface area contributed by atoms with Gasteiger partial charge in [-0.1, -0.05) is 30.3 Å². The predicted octanol–water partition coefficient (Wildman–Crippen LogP) is 1.06. The van der Waals surface area contributed by atoms with Crippen molar-refractivity contribution in [2.45, 2.75) is 12.6 Å². The summed E-state index contributed by atoms with van der Waals surface area (Å²) < 4.78 is 10.4. The van der Waals surface area contributed by atoms with Gasteiger partial charge in [0.25, 0.3) is 0 Å². The number of hydrogen-bond donors (Lipinski definition) is 1. The number of hydrogen-bond acceptors (Lipinski definition) is 4. The molecule has 1 aromatic carbocycles. The Balaban J connectivity index is 0.00000361.